The zero-order chi connectivity index (χ0) is 23.0. The summed E-state index contributed by atoms with van der Waals surface area (Å²) in [4.78, 5) is 17.1. The topological polar surface area (TPSA) is 95.7 Å². The first-order valence-electron chi connectivity index (χ1n) is 10.3. The van der Waals surface area contributed by atoms with E-state index in [1.807, 2.05) is 36.4 Å². The van der Waals surface area contributed by atoms with Crippen LogP contribution in [-0.2, 0) is 13.2 Å². The van der Waals surface area contributed by atoms with Crippen LogP contribution in [0.1, 0.15) is 21.8 Å². The second-order valence-electron chi connectivity index (χ2n) is 7.03. The predicted octanol–water partition coefficient (Wildman–Crippen LogP) is 4.26. The fourth-order valence-electron chi connectivity index (χ4n) is 3.19. The molecule has 1 aromatic heterocycles. The molecule has 0 atom stereocenters. The summed E-state index contributed by atoms with van der Waals surface area (Å²) >= 11 is 0. The van der Waals surface area contributed by atoms with Crippen molar-refractivity contribution in [2.24, 2.45) is 0 Å². The van der Waals surface area contributed by atoms with Crippen molar-refractivity contribution in [3.63, 3.8) is 0 Å². The molecule has 1 amide bonds. The lowest BCUT2D eigenvalue weighted by molar-refractivity contribution is 0.0941. The number of benzene rings is 3. The summed E-state index contributed by atoms with van der Waals surface area (Å²) in [7, 11) is 3.13. The van der Waals surface area contributed by atoms with E-state index < -0.39 is 0 Å². The number of nitrogens with one attached hydrogen (secondary N) is 1. The molecule has 8 heteroatoms. The van der Waals surface area contributed by atoms with Gasteiger partial charge < -0.3 is 24.1 Å². The largest absolute Gasteiger partial charge is 0.497 e. The molecule has 0 saturated carbocycles. The van der Waals surface area contributed by atoms with Gasteiger partial charge in [-0.2, -0.15) is 4.98 Å². The van der Waals surface area contributed by atoms with E-state index >= 15 is 0 Å². The van der Waals surface area contributed by atoms with Crippen molar-refractivity contribution in [3.8, 4) is 28.6 Å². The fraction of sp³-hybridized carbons (Fsp3) is 0.160. The lowest BCUT2D eigenvalue weighted by Gasteiger charge is -2.11. The SMILES string of the molecule is COc1ccc(-c2noc(CNC(=O)c3ccccc3OCc3ccccc3)n2)c(OC)c1. The fourth-order valence-corrected chi connectivity index (χ4v) is 3.19. The minimum absolute atomic E-state index is 0.0668. The van der Waals surface area contributed by atoms with E-state index in [-0.39, 0.29) is 18.3 Å². The van der Waals surface area contributed by atoms with Crippen molar-refractivity contribution >= 4 is 5.91 Å². The zero-order valence-corrected chi connectivity index (χ0v) is 18.3. The summed E-state index contributed by atoms with van der Waals surface area (Å²) < 4.78 is 21.8. The summed E-state index contributed by atoms with van der Waals surface area (Å²) in [6.45, 7) is 0.430. The monoisotopic (exact) mass is 445 g/mol. The van der Waals surface area contributed by atoms with Crippen LogP contribution < -0.4 is 19.5 Å². The smallest absolute Gasteiger partial charge is 0.255 e. The van der Waals surface area contributed by atoms with E-state index in [4.69, 9.17) is 18.7 Å². The summed E-state index contributed by atoms with van der Waals surface area (Å²) in [5.74, 6) is 2.01. The lowest BCUT2D eigenvalue weighted by atomic mass is 10.2. The molecule has 4 aromatic rings. The Labute approximate surface area is 191 Å². The van der Waals surface area contributed by atoms with Crippen LogP contribution >= 0.6 is 0 Å². The van der Waals surface area contributed by atoms with Gasteiger partial charge in [-0.1, -0.05) is 47.6 Å². The number of methoxy groups -OCH3 is 2. The molecule has 3 aromatic carbocycles. The number of carbonyl (C=O) groups is 1. The maximum absolute atomic E-state index is 12.8. The Hall–Kier alpha value is -4.33. The van der Waals surface area contributed by atoms with Gasteiger partial charge in [-0.3, -0.25) is 4.79 Å². The van der Waals surface area contributed by atoms with E-state index in [0.717, 1.165) is 5.56 Å². The molecule has 1 heterocycles. The van der Waals surface area contributed by atoms with E-state index in [1.54, 1.807) is 50.6 Å². The van der Waals surface area contributed by atoms with Crippen molar-refractivity contribution in [3.05, 3.63) is 89.8 Å². The van der Waals surface area contributed by atoms with E-state index in [2.05, 4.69) is 15.5 Å². The molecular weight excluding hydrogens is 422 g/mol. The first-order valence-corrected chi connectivity index (χ1v) is 10.3. The highest BCUT2D eigenvalue weighted by Gasteiger charge is 2.17. The number of ether oxygens (including phenoxy) is 3. The Morgan fingerprint density at radius 3 is 2.52 bits per heavy atom. The zero-order valence-electron chi connectivity index (χ0n) is 18.3. The van der Waals surface area contributed by atoms with E-state index in [0.29, 0.717) is 40.8 Å². The molecule has 0 bridgehead atoms. The third-order valence-electron chi connectivity index (χ3n) is 4.89. The Morgan fingerprint density at radius 2 is 1.73 bits per heavy atom. The second-order valence-corrected chi connectivity index (χ2v) is 7.03. The Bertz CT molecular complexity index is 1220. The highest BCUT2D eigenvalue weighted by Crippen LogP contribution is 2.31. The van der Waals surface area contributed by atoms with Crippen LogP contribution in [-0.4, -0.2) is 30.3 Å². The summed E-state index contributed by atoms with van der Waals surface area (Å²) in [6.07, 6.45) is 0. The van der Waals surface area contributed by atoms with Crippen LogP contribution in [0.2, 0.25) is 0 Å². The normalized spacial score (nSPS) is 10.5. The van der Waals surface area contributed by atoms with Crippen LogP contribution in [0.25, 0.3) is 11.4 Å². The molecule has 4 rings (SSSR count). The highest BCUT2D eigenvalue weighted by molar-refractivity contribution is 5.96. The Balaban J connectivity index is 1.42. The first kappa shape index (κ1) is 21.9. The predicted molar refractivity (Wildman–Crippen MR) is 121 cm³/mol. The molecule has 0 aliphatic carbocycles. The average molecular weight is 445 g/mol. The minimum atomic E-state index is -0.305. The van der Waals surface area contributed by atoms with Gasteiger partial charge in [0.1, 0.15) is 23.9 Å². The lowest BCUT2D eigenvalue weighted by Crippen LogP contribution is -2.23. The third-order valence-corrected chi connectivity index (χ3v) is 4.89. The quantitative estimate of drug-likeness (QED) is 0.411. The average Bonchev–Trinajstić information content (AvgIpc) is 3.35. The number of para-hydroxylation sites is 1. The molecule has 8 nitrogen and oxygen atoms in total. The van der Waals surface area contributed by atoms with Crippen LogP contribution in [0, 0.1) is 0 Å². The number of hydrogen-bond acceptors (Lipinski definition) is 7. The van der Waals surface area contributed by atoms with Gasteiger partial charge >= 0.3 is 0 Å². The van der Waals surface area contributed by atoms with Gasteiger partial charge in [0.15, 0.2) is 0 Å². The molecule has 1 N–H and O–H groups in total. The van der Waals surface area contributed by atoms with Gasteiger partial charge in [0.25, 0.3) is 5.91 Å². The van der Waals surface area contributed by atoms with Crippen LogP contribution in [0.4, 0.5) is 0 Å². The van der Waals surface area contributed by atoms with Gasteiger partial charge in [-0.05, 0) is 29.8 Å². The van der Waals surface area contributed by atoms with Crippen molar-refractivity contribution in [1.82, 2.24) is 15.5 Å². The van der Waals surface area contributed by atoms with Crippen molar-refractivity contribution in [2.45, 2.75) is 13.2 Å². The highest BCUT2D eigenvalue weighted by atomic mass is 16.5. The Morgan fingerprint density at radius 1 is 0.939 bits per heavy atom. The van der Waals surface area contributed by atoms with Crippen molar-refractivity contribution < 1.29 is 23.5 Å². The van der Waals surface area contributed by atoms with Crippen LogP contribution in [0.3, 0.4) is 0 Å². The third kappa shape index (κ3) is 5.30. The van der Waals surface area contributed by atoms with Crippen molar-refractivity contribution in [1.29, 1.82) is 0 Å². The number of nitrogens with zero attached hydrogens (tertiary/aromatic N) is 2. The van der Waals surface area contributed by atoms with Gasteiger partial charge in [0.05, 0.1) is 31.9 Å². The minimum Gasteiger partial charge on any atom is -0.497 e. The number of rotatable bonds is 9. The molecule has 0 saturated heterocycles. The van der Waals surface area contributed by atoms with Gasteiger partial charge in [-0.15, -0.1) is 0 Å². The van der Waals surface area contributed by atoms with Crippen LogP contribution in [0.5, 0.6) is 17.2 Å². The number of hydrogen-bond donors (Lipinski definition) is 1. The second kappa shape index (κ2) is 10.3. The van der Waals surface area contributed by atoms with Gasteiger partial charge in [-0.25, -0.2) is 0 Å². The molecule has 0 spiro atoms. The summed E-state index contributed by atoms with van der Waals surface area (Å²) in [5, 5.41) is 6.80. The molecule has 0 unspecified atom stereocenters. The molecular formula is C25H23N3O5. The molecule has 168 valence electrons. The summed E-state index contributed by atoms with van der Waals surface area (Å²) in [5.41, 5.74) is 2.09. The summed E-state index contributed by atoms with van der Waals surface area (Å²) in [6, 6.07) is 22.1. The van der Waals surface area contributed by atoms with Crippen LogP contribution in [0.15, 0.2) is 77.3 Å². The number of carbonyl (C=O) groups excluding carboxylic acids is 1. The maximum atomic E-state index is 12.8. The molecule has 0 radical (unpaired) electrons. The Kier molecular flexibility index (Phi) is 6.84. The first-order chi connectivity index (χ1) is 16.2. The maximum Gasteiger partial charge on any atom is 0.255 e. The molecule has 0 aliphatic heterocycles. The number of aromatic nitrogens is 2. The van der Waals surface area contributed by atoms with Gasteiger partial charge in [0.2, 0.25) is 11.7 Å². The molecule has 0 aliphatic rings. The van der Waals surface area contributed by atoms with Gasteiger partial charge in [0, 0.05) is 6.07 Å². The molecule has 0 fully saturated rings. The van der Waals surface area contributed by atoms with Crippen molar-refractivity contribution in [2.75, 3.05) is 14.2 Å². The molecule has 33 heavy (non-hydrogen) atoms. The van der Waals surface area contributed by atoms with E-state index in [1.165, 1.54) is 0 Å². The number of amides is 1. The van der Waals surface area contributed by atoms with E-state index in [9.17, 15) is 4.79 Å². The standard InChI is InChI=1S/C25H23N3O5/c1-30-18-12-13-19(22(14-18)31-2)24-27-23(33-28-24)15-26-25(29)20-10-6-7-11-21(20)32-16-17-8-4-3-5-9-17/h3-14H,15-16H2,1-2H3,(H,26,29).